The summed E-state index contributed by atoms with van der Waals surface area (Å²) in [6, 6.07) is 8.40. The van der Waals surface area contributed by atoms with Gasteiger partial charge in [-0.05, 0) is 59.8 Å². The summed E-state index contributed by atoms with van der Waals surface area (Å²) in [5.41, 5.74) is 0.488. The maximum Gasteiger partial charge on any atom is 0.263 e. The molecule has 2 N–H and O–H groups in total. The molecule has 5 nitrogen and oxygen atoms in total. The molecule has 1 aromatic carbocycles. The van der Waals surface area contributed by atoms with Crippen LogP contribution in [0.15, 0.2) is 41.4 Å². The van der Waals surface area contributed by atoms with Gasteiger partial charge in [0.05, 0.1) is 5.02 Å². The largest absolute Gasteiger partial charge is 0.369 e. The Morgan fingerprint density at radius 2 is 1.95 bits per heavy atom. The first-order valence-electron chi connectivity index (χ1n) is 6.10. The van der Waals surface area contributed by atoms with Gasteiger partial charge in [-0.2, -0.15) is 0 Å². The molecule has 0 bridgehead atoms. The molecule has 1 heterocycles. The number of sulfonamides is 1. The van der Waals surface area contributed by atoms with Crippen LogP contribution < -0.4 is 10.0 Å². The number of pyridine rings is 1. The standard InChI is InChI=1S/C13H13ClIN3O2S/c1-2-16-13-12(14)7-11(8-17-13)21(19,20)18-10-5-3-9(15)4-6-10/h3-8,18H,2H2,1H3,(H,16,17). The van der Waals surface area contributed by atoms with Crippen LogP contribution in [-0.4, -0.2) is 19.9 Å². The molecule has 0 radical (unpaired) electrons. The van der Waals surface area contributed by atoms with E-state index in [4.69, 9.17) is 11.6 Å². The summed E-state index contributed by atoms with van der Waals surface area (Å²) in [4.78, 5) is 4.05. The molecule has 2 rings (SSSR count). The summed E-state index contributed by atoms with van der Waals surface area (Å²) in [5, 5.41) is 3.22. The number of halogens is 2. The summed E-state index contributed by atoms with van der Waals surface area (Å²) in [7, 11) is -3.71. The van der Waals surface area contributed by atoms with Crippen molar-refractivity contribution < 1.29 is 8.42 Å². The minimum atomic E-state index is -3.71. The Balaban J connectivity index is 2.27. The quantitative estimate of drug-likeness (QED) is 0.702. The van der Waals surface area contributed by atoms with Crippen LogP contribution in [-0.2, 0) is 10.0 Å². The van der Waals surface area contributed by atoms with E-state index >= 15 is 0 Å². The van der Waals surface area contributed by atoms with Crippen LogP contribution in [0.1, 0.15) is 6.92 Å². The topological polar surface area (TPSA) is 71.1 Å². The molecule has 8 heteroatoms. The van der Waals surface area contributed by atoms with Crippen LogP contribution in [0.5, 0.6) is 0 Å². The molecule has 0 saturated carbocycles. The monoisotopic (exact) mass is 437 g/mol. The van der Waals surface area contributed by atoms with Gasteiger partial charge in [0.15, 0.2) is 0 Å². The van der Waals surface area contributed by atoms with E-state index in [1.807, 2.05) is 19.1 Å². The number of nitrogens with zero attached hydrogens (tertiary/aromatic N) is 1. The van der Waals surface area contributed by atoms with E-state index in [1.165, 1.54) is 12.3 Å². The van der Waals surface area contributed by atoms with E-state index in [-0.39, 0.29) is 9.92 Å². The number of aromatic nitrogens is 1. The number of nitrogens with one attached hydrogen (secondary N) is 2. The van der Waals surface area contributed by atoms with Crippen molar-refractivity contribution in [2.24, 2.45) is 0 Å². The second kappa shape index (κ2) is 6.80. The van der Waals surface area contributed by atoms with E-state index in [9.17, 15) is 8.42 Å². The van der Waals surface area contributed by atoms with Gasteiger partial charge < -0.3 is 5.32 Å². The van der Waals surface area contributed by atoms with E-state index in [0.29, 0.717) is 18.1 Å². The van der Waals surface area contributed by atoms with Crippen LogP contribution in [0.25, 0.3) is 0 Å². The van der Waals surface area contributed by atoms with Gasteiger partial charge >= 0.3 is 0 Å². The van der Waals surface area contributed by atoms with Crippen molar-refractivity contribution in [1.29, 1.82) is 0 Å². The van der Waals surface area contributed by atoms with Crippen molar-refractivity contribution >= 4 is 55.7 Å². The fourth-order valence-corrected chi connectivity index (χ4v) is 3.28. The predicted molar refractivity (Wildman–Crippen MR) is 93.4 cm³/mol. The third-order valence-corrected chi connectivity index (χ3v) is 4.92. The molecule has 0 unspecified atom stereocenters. The minimum Gasteiger partial charge on any atom is -0.369 e. The highest BCUT2D eigenvalue weighted by Crippen LogP contribution is 2.24. The fourth-order valence-electron chi connectivity index (χ4n) is 1.60. The predicted octanol–water partition coefficient (Wildman–Crippen LogP) is 3.57. The minimum absolute atomic E-state index is 0.0210. The lowest BCUT2D eigenvalue weighted by Crippen LogP contribution is -2.13. The Hall–Kier alpha value is -1.06. The first kappa shape index (κ1) is 16.3. The van der Waals surface area contributed by atoms with Crippen LogP contribution in [0, 0.1) is 3.57 Å². The zero-order valence-corrected chi connectivity index (χ0v) is 14.8. The molecular formula is C13H13ClIN3O2S. The fraction of sp³-hybridized carbons (Fsp3) is 0.154. The van der Waals surface area contributed by atoms with Gasteiger partial charge in [0.1, 0.15) is 10.7 Å². The molecule has 2 aromatic rings. The van der Waals surface area contributed by atoms with Crippen molar-refractivity contribution in [2.45, 2.75) is 11.8 Å². The summed E-state index contributed by atoms with van der Waals surface area (Å²) in [6.07, 6.45) is 1.28. The van der Waals surface area contributed by atoms with Crippen molar-refractivity contribution in [1.82, 2.24) is 4.98 Å². The maximum atomic E-state index is 12.3. The Morgan fingerprint density at radius 3 is 2.52 bits per heavy atom. The second-order valence-corrected chi connectivity index (χ2v) is 7.48. The highest BCUT2D eigenvalue weighted by molar-refractivity contribution is 14.1. The molecule has 0 amide bonds. The molecule has 21 heavy (non-hydrogen) atoms. The summed E-state index contributed by atoms with van der Waals surface area (Å²) in [6.45, 7) is 2.56. The Morgan fingerprint density at radius 1 is 1.29 bits per heavy atom. The van der Waals surface area contributed by atoms with E-state index in [2.05, 4.69) is 37.6 Å². The Bertz CT molecular complexity index is 736. The summed E-state index contributed by atoms with van der Waals surface area (Å²) in [5.74, 6) is 0.465. The lowest BCUT2D eigenvalue weighted by molar-refractivity contribution is 0.601. The molecular weight excluding hydrogens is 425 g/mol. The Labute approximate surface area is 142 Å². The zero-order chi connectivity index (χ0) is 15.5. The number of hydrogen-bond donors (Lipinski definition) is 2. The highest BCUT2D eigenvalue weighted by atomic mass is 127. The van der Waals surface area contributed by atoms with Gasteiger partial charge in [0.2, 0.25) is 0 Å². The summed E-state index contributed by atoms with van der Waals surface area (Å²) >= 11 is 8.17. The van der Waals surface area contributed by atoms with Crippen molar-refractivity contribution in [3.8, 4) is 0 Å². The molecule has 1 aromatic heterocycles. The highest BCUT2D eigenvalue weighted by Gasteiger charge is 2.16. The number of benzene rings is 1. The lowest BCUT2D eigenvalue weighted by Gasteiger charge is -2.10. The van der Waals surface area contributed by atoms with Crippen molar-refractivity contribution in [2.75, 3.05) is 16.6 Å². The first-order valence-corrected chi connectivity index (χ1v) is 9.04. The van der Waals surface area contributed by atoms with Gasteiger partial charge in [-0.25, -0.2) is 13.4 Å². The third kappa shape index (κ3) is 4.21. The third-order valence-electron chi connectivity index (χ3n) is 2.57. The van der Waals surface area contributed by atoms with Crippen LogP contribution in [0.2, 0.25) is 5.02 Å². The van der Waals surface area contributed by atoms with Crippen LogP contribution in [0.4, 0.5) is 11.5 Å². The van der Waals surface area contributed by atoms with E-state index in [1.54, 1.807) is 12.1 Å². The van der Waals surface area contributed by atoms with Crippen LogP contribution in [0.3, 0.4) is 0 Å². The SMILES string of the molecule is CCNc1ncc(S(=O)(=O)Nc2ccc(I)cc2)cc1Cl. The average molecular weight is 438 g/mol. The lowest BCUT2D eigenvalue weighted by atomic mass is 10.3. The Kier molecular flexibility index (Phi) is 5.28. The second-order valence-electron chi connectivity index (χ2n) is 4.14. The smallest absolute Gasteiger partial charge is 0.263 e. The van der Waals surface area contributed by atoms with Gasteiger partial charge in [-0.15, -0.1) is 0 Å². The number of rotatable bonds is 5. The van der Waals surface area contributed by atoms with Gasteiger partial charge in [0.25, 0.3) is 10.0 Å². The summed E-state index contributed by atoms with van der Waals surface area (Å²) < 4.78 is 28.1. The first-order chi connectivity index (χ1) is 9.92. The molecule has 0 aliphatic rings. The number of hydrogen-bond acceptors (Lipinski definition) is 4. The van der Waals surface area contributed by atoms with E-state index in [0.717, 1.165) is 3.57 Å². The molecule has 0 saturated heterocycles. The van der Waals surface area contributed by atoms with Crippen molar-refractivity contribution in [3.05, 3.63) is 45.1 Å². The van der Waals surface area contributed by atoms with Crippen molar-refractivity contribution in [3.63, 3.8) is 0 Å². The number of anilines is 2. The normalized spacial score (nSPS) is 11.2. The van der Waals surface area contributed by atoms with Gasteiger partial charge in [-0.3, -0.25) is 4.72 Å². The van der Waals surface area contributed by atoms with Crippen LogP contribution >= 0.6 is 34.2 Å². The maximum absolute atomic E-state index is 12.3. The molecule has 0 spiro atoms. The molecule has 0 fully saturated rings. The average Bonchev–Trinajstić information content (AvgIpc) is 2.43. The molecule has 0 atom stereocenters. The van der Waals surface area contributed by atoms with E-state index < -0.39 is 10.0 Å². The zero-order valence-electron chi connectivity index (χ0n) is 11.1. The molecule has 0 aliphatic carbocycles. The van der Waals surface area contributed by atoms with Gasteiger partial charge in [-0.1, -0.05) is 11.6 Å². The molecule has 112 valence electrons. The van der Waals surface area contributed by atoms with Gasteiger partial charge in [0, 0.05) is 22.0 Å². The molecule has 0 aliphatic heterocycles.